The van der Waals surface area contributed by atoms with Crippen LogP contribution >= 0.6 is 34.9 Å². The molecule has 2 bridgehead atoms. The van der Waals surface area contributed by atoms with Crippen LogP contribution in [-0.4, -0.2) is 31.7 Å². The lowest BCUT2D eigenvalue weighted by Gasteiger charge is -2.42. The Morgan fingerprint density at radius 1 is 1.23 bits per heavy atom. The smallest absolute Gasteiger partial charge is 0.229 e. The van der Waals surface area contributed by atoms with Gasteiger partial charge >= 0.3 is 0 Å². The first kappa shape index (κ1) is 15.3. The van der Waals surface area contributed by atoms with Gasteiger partial charge in [-0.25, -0.2) is 0 Å². The zero-order chi connectivity index (χ0) is 15.2. The summed E-state index contributed by atoms with van der Waals surface area (Å²) in [6.07, 6.45) is 5.61. The fraction of sp³-hybridized carbons (Fsp3) is 0.800. The first-order valence-corrected chi connectivity index (χ1v) is 10.9. The summed E-state index contributed by atoms with van der Waals surface area (Å²) >= 11 is 5.86. The summed E-state index contributed by atoms with van der Waals surface area (Å²) in [5.41, 5.74) is 0. The number of hydrogen-bond acceptors (Lipinski definition) is 6. The van der Waals surface area contributed by atoms with E-state index >= 15 is 0 Å². The number of nitrogens with one attached hydrogen (secondary N) is 1. The van der Waals surface area contributed by atoms with Gasteiger partial charge in [0.2, 0.25) is 11.0 Å². The number of rotatable bonds is 3. The fourth-order valence-electron chi connectivity index (χ4n) is 4.27. The average molecular weight is 356 g/mol. The molecule has 2 saturated carbocycles. The van der Waals surface area contributed by atoms with Crippen LogP contribution in [0.25, 0.3) is 0 Å². The summed E-state index contributed by atoms with van der Waals surface area (Å²) in [6, 6.07) is 0. The Balaban J connectivity index is 1.43. The van der Waals surface area contributed by atoms with E-state index < -0.39 is 0 Å². The maximum atomic E-state index is 12.6. The number of hydrogen-bond donors (Lipinski definition) is 1. The topological polar surface area (TPSA) is 54.9 Å². The van der Waals surface area contributed by atoms with Gasteiger partial charge in [0.25, 0.3) is 0 Å². The lowest BCUT2D eigenvalue weighted by atomic mass is 9.79. The van der Waals surface area contributed by atoms with Crippen molar-refractivity contribution in [1.29, 1.82) is 0 Å². The molecule has 1 N–H and O–H groups in total. The molecule has 1 aromatic heterocycles. The molecule has 22 heavy (non-hydrogen) atoms. The maximum absolute atomic E-state index is 12.6. The van der Waals surface area contributed by atoms with Crippen LogP contribution in [0.3, 0.4) is 0 Å². The van der Waals surface area contributed by atoms with Crippen molar-refractivity contribution in [2.45, 2.75) is 43.1 Å². The van der Waals surface area contributed by atoms with Crippen LogP contribution in [0.2, 0.25) is 0 Å². The number of nitrogens with zero attached hydrogens (tertiary/aromatic N) is 2. The van der Waals surface area contributed by atoms with E-state index in [0.717, 1.165) is 36.1 Å². The highest BCUT2D eigenvalue weighted by atomic mass is 32.2. The van der Waals surface area contributed by atoms with E-state index in [0.29, 0.717) is 9.21 Å². The van der Waals surface area contributed by atoms with E-state index in [4.69, 9.17) is 0 Å². The number of amides is 1. The minimum Gasteiger partial charge on any atom is -0.300 e. The number of carbonyl (C=O) groups is 1. The lowest BCUT2D eigenvalue weighted by Crippen LogP contribution is -2.41. The van der Waals surface area contributed by atoms with Gasteiger partial charge in [-0.1, -0.05) is 18.3 Å². The zero-order valence-corrected chi connectivity index (χ0v) is 15.2. The Morgan fingerprint density at radius 2 is 1.91 bits per heavy atom. The van der Waals surface area contributed by atoms with E-state index in [1.807, 2.05) is 0 Å². The molecule has 1 spiro atoms. The largest absolute Gasteiger partial charge is 0.300 e. The minimum absolute atomic E-state index is 0.165. The average Bonchev–Trinajstić information content (AvgIpc) is 3.21. The van der Waals surface area contributed by atoms with Crippen LogP contribution in [0.15, 0.2) is 0 Å². The molecule has 3 fully saturated rings. The van der Waals surface area contributed by atoms with Crippen molar-refractivity contribution in [3.05, 3.63) is 5.01 Å². The van der Waals surface area contributed by atoms with Crippen molar-refractivity contribution in [3.8, 4) is 0 Å². The first-order valence-electron chi connectivity index (χ1n) is 8.12. The van der Waals surface area contributed by atoms with Gasteiger partial charge in [0, 0.05) is 17.4 Å². The van der Waals surface area contributed by atoms with E-state index in [1.165, 1.54) is 35.7 Å². The second-order valence-electron chi connectivity index (χ2n) is 6.40. The van der Waals surface area contributed by atoms with E-state index in [1.54, 1.807) is 0 Å². The summed E-state index contributed by atoms with van der Waals surface area (Å²) in [7, 11) is 0. The Bertz CT molecular complexity index is 554. The molecule has 1 unspecified atom stereocenters. The second-order valence-corrected chi connectivity index (χ2v) is 10.5. The van der Waals surface area contributed by atoms with Gasteiger partial charge in [-0.15, -0.1) is 33.7 Å². The molecule has 0 radical (unpaired) electrons. The van der Waals surface area contributed by atoms with Crippen LogP contribution in [0.5, 0.6) is 0 Å². The van der Waals surface area contributed by atoms with Crippen LogP contribution in [-0.2, 0) is 11.2 Å². The molecule has 4 rings (SSSR count). The normalized spacial score (nSPS) is 32.5. The molecule has 2 aliphatic carbocycles. The van der Waals surface area contributed by atoms with Crippen LogP contribution < -0.4 is 5.32 Å². The summed E-state index contributed by atoms with van der Waals surface area (Å²) < 4.78 is 0.453. The molecule has 1 saturated heterocycles. The van der Waals surface area contributed by atoms with E-state index in [2.05, 4.69) is 46.0 Å². The molecular weight excluding hydrogens is 334 g/mol. The van der Waals surface area contributed by atoms with Crippen molar-refractivity contribution in [2.24, 2.45) is 17.8 Å². The van der Waals surface area contributed by atoms with Gasteiger partial charge < -0.3 is 5.32 Å². The summed E-state index contributed by atoms with van der Waals surface area (Å²) in [5, 5.41) is 12.8. The molecule has 1 aromatic rings. The van der Waals surface area contributed by atoms with Gasteiger partial charge in [-0.05, 0) is 43.9 Å². The summed E-state index contributed by atoms with van der Waals surface area (Å²) in [5.74, 6) is 4.36. The van der Waals surface area contributed by atoms with Crippen molar-refractivity contribution in [1.82, 2.24) is 10.2 Å². The second kappa shape index (κ2) is 5.98. The third-order valence-corrected chi connectivity index (χ3v) is 10.2. The van der Waals surface area contributed by atoms with E-state index in [9.17, 15) is 4.79 Å². The monoisotopic (exact) mass is 355 g/mol. The number of thioether (sulfide) groups is 2. The molecule has 3 aliphatic rings. The predicted molar refractivity (Wildman–Crippen MR) is 94.5 cm³/mol. The minimum atomic E-state index is 0.165. The Kier molecular flexibility index (Phi) is 4.15. The zero-order valence-electron chi connectivity index (χ0n) is 12.7. The maximum Gasteiger partial charge on any atom is 0.229 e. The Morgan fingerprint density at radius 3 is 2.50 bits per heavy atom. The van der Waals surface area contributed by atoms with Crippen LogP contribution in [0, 0.1) is 17.8 Å². The quantitative estimate of drug-likeness (QED) is 0.897. The SMILES string of the molecule is CCc1nnc(NC(=O)C2C[C@H]3CC[C@@H](C2)C32SCCS2)s1. The van der Waals surface area contributed by atoms with Crippen molar-refractivity contribution < 1.29 is 4.79 Å². The number of anilines is 1. The molecule has 3 atom stereocenters. The van der Waals surface area contributed by atoms with Crippen LogP contribution in [0.4, 0.5) is 5.13 Å². The third kappa shape index (κ3) is 2.49. The molecule has 2 heterocycles. The summed E-state index contributed by atoms with van der Waals surface area (Å²) in [4.78, 5) is 12.6. The van der Waals surface area contributed by atoms with Crippen molar-refractivity contribution in [2.75, 3.05) is 16.8 Å². The fourth-order valence-corrected chi connectivity index (χ4v) is 8.89. The molecule has 0 aromatic carbocycles. The molecule has 1 amide bonds. The highest BCUT2D eigenvalue weighted by molar-refractivity contribution is 8.21. The van der Waals surface area contributed by atoms with Crippen LogP contribution in [0.1, 0.15) is 37.6 Å². The number of aryl methyl sites for hydroxylation is 1. The van der Waals surface area contributed by atoms with Gasteiger partial charge in [-0.3, -0.25) is 4.79 Å². The van der Waals surface area contributed by atoms with E-state index in [-0.39, 0.29) is 11.8 Å². The summed E-state index contributed by atoms with van der Waals surface area (Å²) in [6.45, 7) is 2.06. The highest BCUT2D eigenvalue weighted by Crippen LogP contribution is 2.65. The Labute approximate surface area is 143 Å². The number of aromatic nitrogens is 2. The molecule has 120 valence electrons. The number of carbonyl (C=O) groups excluding carboxylic acids is 1. The standard InChI is InChI=1S/C15H21N3OS3/c1-2-12-17-18-14(22-12)16-13(19)9-7-10-3-4-11(8-9)15(10)20-5-6-21-15/h9-11H,2-8H2,1H3,(H,16,18,19)/t9?,10-,11+. The lowest BCUT2D eigenvalue weighted by molar-refractivity contribution is -0.121. The van der Waals surface area contributed by atoms with Gasteiger partial charge in [0.05, 0.1) is 4.08 Å². The van der Waals surface area contributed by atoms with Gasteiger partial charge in [0.15, 0.2) is 0 Å². The molecule has 1 aliphatic heterocycles. The molecule has 7 heteroatoms. The molecular formula is C15H21N3OS3. The third-order valence-electron chi connectivity index (χ3n) is 5.25. The molecule has 4 nitrogen and oxygen atoms in total. The Hall–Kier alpha value is -0.270. The first-order chi connectivity index (χ1) is 10.7. The van der Waals surface area contributed by atoms with Crippen molar-refractivity contribution >= 4 is 45.9 Å². The highest BCUT2D eigenvalue weighted by Gasteiger charge is 2.57. The van der Waals surface area contributed by atoms with Gasteiger partial charge in [-0.2, -0.15) is 0 Å². The predicted octanol–water partition coefficient (Wildman–Crippen LogP) is 3.65. The van der Waals surface area contributed by atoms with Crippen molar-refractivity contribution in [3.63, 3.8) is 0 Å². The van der Waals surface area contributed by atoms with Gasteiger partial charge in [0.1, 0.15) is 5.01 Å².